The molecule has 16 nitrogen and oxygen atoms in total. The standard InChI is InChI=1S/16O.Sn.8Ti.Zr/q;;;;;;;;8*-1;+4;;;;;;;;;+4. The predicted octanol–water partition coefficient (Wildman–Crippen LogP) is -10.9. The molecule has 0 heterocycles. The van der Waals surface area contributed by atoms with E-state index in [4.69, 9.17) is 56.1 Å². The van der Waals surface area contributed by atoms with Crippen LogP contribution in [0.15, 0.2) is 0 Å². The molecule has 26 heavy (non-hydrogen) atoms. The van der Waals surface area contributed by atoms with Gasteiger partial charge >= 0.3 is 262 Å². The van der Waals surface area contributed by atoms with Gasteiger partial charge in [-0.3, -0.25) is 0 Å². The summed E-state index contributed by atoms with van der Waals surface area (Å²) in [5.74, 6) is 0. The monoisotopic (exact) mass is 849 g/mol. The maximum absolute atomic E-state index is 8.50. The van der Waals surface area contributed by atoms with Crippen molar-refractivity contribution in [1.29, 1.82) is 0 Å². The summed E-state index contributed by atoms with van der Waals surface area (Å²) in [5, 5.41) is 0. The van der Waals surface area contributed by atoms with E-state index in [2.05, 4.69) is 0 Å². The van der Waals surface area contributed by atoms with Gasteiger partial charge in [0.1, 0.15) is 0 Å². The van der Waals surface area contributed by atoms with Crippen molar-refractivity contribution in [2.75, 3.05) is 0 Å². The molecule has 0 aromatic rings. The van der Waals surface area contributed by atoms with E-state index < -0.39 is 156 Å². The molecule has 0 rings (SSSR count). The van der Waals surface area contributed by atoms with Crippen LogP contribution in [0.5, 0.6) is 0 Å². The first-order chi connectivity index (χ1) is 11.3. The van der Waals surface area contributed by atoms with E-state index in [-0.39, 0.29) is 50.1 Å². The second kappa shape index (κ2) is 146. The molecule has 0 radical (unpaired) electrons. The molecule has 0 atom stereocenters. The van der Waals surface area contributed by atoms with E-state index in [0.717, 1.165) is 0 Å². The van der Waals surface area contributed by atoms with Crippen molar-refractivity contribution >= 4 is 23.9 Å². The third kappa shape index (κ3) is 797. The minimum absolute atomic E-state index is 0. The molecule has 0 aliphatic carbocycles. The zero-order valence-electron chi connectivity index (χ0n) is 11.5. The molecule has 0 fully saturated rings. The van der Waals surface area contributed by atoms with Gasteiger partial charge in [-0.05, 0) is 0 Å². The minimum atomic E-state index is -2.00. The van der Waals surface area contributed by atoms with Crippen molar-refractivity contribution in [3.63, 3.8) is 0 Å². The van der Waals surface area contributed by atoms with Gasteiger partial charge in [-0.1, -0.05) is 0 Å². The topological polar surface area (TPSA) is 321 Å². The van der Waals surface area contributed by atoms with Crippen LogP contribution in [-0.2, 0) is 209 Å². The van der Waals surface area contributed by atoms with Gasteiger partial charge in [-0.25, -0.2) is 0 Å². The fourth-order valence-electron chi connectivity index (χ4n) is 0. The van der Waals surface area contributed by atoms with Crippen LogP contribution in [0.3, 0.4) is 0 Å². The summed E-state index contributed by atoms with van der Waals surface area (Å²) in [4.78, 5) is 0. The van der Waals surface area contributed by atoms with Crippen molar-refractivity contribution in [3.05, 3.63) is 0 Å². The number of hydrogen-bond donors (Lipinski definition) is 0. The van der Waals surface area contributed by atoms with E-state index in [1.54, 1.807) is 0 Å². The Kier molecular flexibility index (Phi) is 355. The quantitative estimate of drug-likeness (QED) is 0.204. The Hall–Kier alpha value is 5.48. The van der Waals surface area contributed by atoms with E-state index in [1.165, 1.54) is 0 Å². The van der Waals surface area contributed by atoms with Crippen LogP contribution in [0.4, 0.5) is 0 Å². The molecule has 0 saturated heterocycles. The zero-order valence-corrected chi connectivity index (χ0v) is 29.3. The van der Waals surface area contributed by atoms with Gasteiger partial charge in [-0.2, -0.15) is 0 Å². The van der Waals surface area contributed by atoms with E-state index in [0.29, 0.717) is 0 Å². The third-order valence-corrected chi connectivity index (χ3v) is 0. The van der Waals surface area contributed by atoms with Crippen LogP contribution in [0.25, 0.3) is 0 Å². The Morgan fingerprint density at radius 2 is 0.308 bits per heavy atom. The van der Waals surface area contributed by atoms with Crippen LogP contribution in [0.1, 0.15) is 0 Å². The SMILES string of the molecule is [O]=[Ti][O-].[O]=[Ti][O-].[O]=[Ti][O-].[O]=[Ti][O-].[O]=[Ti][O-].[O]=[Ti][O-].[O]=[Ti][O-].[O]=[Ti][O-].[Sn+4].[Zr+4]. The Morgan fingerprint density at radius 1 is 0.308 bits per heavy atom. The molecular formula is O16SnTi8Zr. The molecule has 0 aromatic heterocycles. The zero-order chi connectivity index (χ0) is 21.7. The molecular weight excluding hydrogens is 849 g/mol. The van der Waals surface area contributed by atoms with Crippen LogP contribution >= 0.6 is 0 Å². The van der Waals surface area contributed by atoms with Crippen molar-refractivity contribution in [3.8, 4) is 0 Å². The van der Waals surface area contributed by atoms with Crippen LogP contribution < -0.4 is 29.5 Å². The van der Waals surface area contributed by atoms with Crippen molar-refractivity contribution < 1.29 is 238 Å². The summed E-state index contributed by atoms with van der Waals surface area (Å²) in [7, 11) is 0. The maximum atomic E-state index is 8.50. The Labute approximate surface area is 256 Å². The summed E-state index contributed by atoms with van der Waals surface area (Å²) in [6, 6.07) is 0. The predicted molar refractivity (Wildman–Crippen MR) is 11.2 cm³/mol. The molecule has 0 aliphatic rings. The first-order valence-corrected chi connectivity index (χ1v) is 13.5. The van der Waals surface area contributed by atoms with Gasteiger partial charge in [0.15, 0.2) is 0 Å². The Bertz CT molecular complexity index is 166. The fraction of sp³-hybridized carbons (Fsp3) is 0. The second-order valence-electron chi connectivity index (χ2n) is 0.667. The Balaban J connectivity index is -0.0000000139. The van der Waals surface area contributed by atoms with E-state index >= 15 is 0 Å². The van der Waals surface area contributed by atoms with Crippen LogP contribution in [0.2, 0.25) is 0 Å². The molecule has 136 valence electrons. The summed E-state index contributed by atoms with van der Waals surface area (Å²) >= 11 is -16.0. The first kappa shape index (κ1) is 63.4. The molecule has 0 N–H and O–H groups in total. The third-order valence-electron chi connectivity index (χ3n) is 0. The molecule has 0 aromatic carbocycles. The van der Waals surface area contributed by atoms with Crippen molar-refractivity contribution in [2.24, 2.45) is 0 Å². The van der Waals surface area contributed by atoms with Gasteiger partial charge < -0.3 is 0 Å². The summed E-state index contributed by atoms with van der Waals surface area (Å²) < 4.78 is 136. The molecule has 0 unspecified atom stereocenters. The summed E-state index contributed by atoms with van der Waals surface area (Å²) in [6.45, 7) is 0. The largest absolute Gasteiger partial charge is 4.00 e. The second-order valence-corrected chi connectivity index (χ2v) is 2.75. The Morgan fingerprint density at radius 3 is 0.308 bits per heavy atom. The average Bonchev–Trinajstić information content (AvgIpc) is 2.45. The normalized spacial score (nSPS) is 2.77. The fourth-order valence-corrected chi connectivity index (χ4v) is 0. The first-order valence-electron chi connectivity index (χ1n) is 3.27. The van der Waals surface area contributed by atoms with E-state index in [1.807, 2.05) is 0 Å². The molecule has 0 amide bonds. The molecule has 0 bridgehead atoms. The summed E-state index contributed by atoms with van der Waals surface area (Å²) in [5.41, 5.74) is 0. The van der Waals surface area contributed by atoms with E-state index in [9.17, 15) is 0 Å². The van der Waals surface area contributed by atoms with Gasteiger partial charge in [0.2, 0.25) is 0 Å². The summed E-state index contributed by atoms with van der Waals surface area (Å²) in [6.07, 6.45) is 0. The maximum Gasteiger partial charge on any atom is 4.00 e. The van der Waals surface area contributed by atoms with Crippen LogP contribution in [0, 0.1) is 0 Å². The van der Waals surface area contributed by atoms with Gasteiger partial charge in [0.25, 0.3) is 0 Å². The van der Waals surface area contributed by atoms with Gasteiger partial charge in [0, 0.05) is 0 Å². The smallest absolute Gasteiger partial charge is 4.00 e. The van der Waals surface area contributed by atoms with Crippen LogP contribution in [-0.4, -0.2) is 23.9 Å². The van der Waals surface area contributed by atoms with Gasteiger partial charge in [0.05, 0.1) is 0 Å². The average molecular weight is 849 g/mol. The molecule has 0 aliphatic heterocycles. The number of rotatable bonds is 0. The number of hydrogen-bond acceptors (Lipinski definition) is 16. The molecule has 0 saturated carbocycles. The van der Waals surface area contributed by atoms with Crippen molar-refractivity contribution in [1.82, 2.24) is 0 Å². The molecule has 0 spiro atoms. The van der Waals surface area contributed by atoms with Gasteiger partial charge in [-0.15, -0.1) is 0 Å². The molecule has 26 heteroatoms. The minimum Gasteiger partial charge on any atom is 4.00 e. The van der Waals surface area contributed by atoms with Crippen molar-refractivity contribution in [2.45, 2.75) is 0 Å².